The van der Waals surface area contributed by atoms with Gasteiger partial charge in [-0.2, -0.15) is 9.78 Å². The van der Waals surface area contributed by atoms with Crippen LogP contribution >= 0.6 is 0 Å². The molecule has 3 heterocycles. The molecule has 1 aromatic carbocycles. The number of benzene rings is 1. The molecule has 0 unspecified atom stereocenters. The van der Waals surface area contributed by atoms with Crippen molar-refractivity contribution in [2.24, 2.45) is 0 Å². The third-order valence-corrected chi connectivity index (χ3v) is 4.98. The Labute approximate surface area is 181 Å². The number of unbranched alkanes of at least 4 members (excludes halogenated alkanes) is 1. The molecule has 0 saturated carbocycles. The fourth-order valence-corrected chi connectivity index (χ4v) is 3.26. The molecule has 0 bridgehead atoms. The molecule has 0 saturated heterocycles. The summed E-state index contributed by atoms with van der Waals surface area (Å²) in [6.07, 6.45) is 5.00. The molecule has 0 aliphatic rings. The summed E-state index contributed by atoms with van der Waals surface area (Å²) in [4.78, 5) is 21.3. The van der Waals surface area contributed by atoms with Gasteiger partial charge in [-0.15, -0.1) is 0 Å². The third kappa shape index (κ3) is 4.88. The molecule has 0 atom stereocenters. The van der Waals surface area contributed by atoms with Gasteiger partial charge in [-0.1, -0.05) is 23.8 Å². The van der Waals surface area contributed by atoms with Gasteiger partial charge < -0.3 is 10.1 Å². The molecule has 158 valence electrons. The number of nitrogens with one attached hydrogen (secondary N) is 1. The molecule has 0 aliphatic heterocycles. The lowest BCUT2D eigenvalue weighted by Crippen LogP contribution is -2.24. The molecular formula is C24H25N5O2. The van der Waals surface area contributed by atoms with Crippen LogP contribution in [0.4, 0.5) is 0 Å². The maximum atomic E-state index is 12.5. The van der Waals surface area contributed by atoms with E-state index in [4.69, 9.17) is 4.74 Å². The van der Waals surface area contributed by atoms with Crippen molar-refractivity contribution in [2.45, 2.75) is 26.7 Å². The first-order valence-corrected chi connectivity index (χ1v) is 10.4. The van der Waals surface area contributed by atoms with E-state index in [0.29, 0.717) is 30.2 Å². The number of amides is 1. The SMILES string of the molecule is Cc1ccc(OCCCCNC(=O)c2cnc3c(c2)c(C)nn3-c2ccccn2)cc1. The number of fused-ring (bicyclic) bond motifs is 1. The summed E-state index contributed by atoms with van der Waals surface area (Å²) in [6.45, 7) is 5.16. The lowest BCUT2D eigenvalue weighted by molar-refractivity contribution is 0.0952. The standard InChI is InChI=1S/C24H25N5O2/c1-17-8-10-20(11-9-17)31-14-6-5-13-26-24(30)19-15-21-18(2)28-29(23(21)27-16-19)22-7-3-4-12-25-22/h3-4,7-12,15-16H,5-6,13-14H2,1-2H3,(H,26,30). The van der Waals surface area contributed by atoms with Crippen LogP contribution in [0.25, 0.3) is 16.9 Å². The molecule has 4 rings (SSSR count). The Balaban J connectivity index is 1.31. The predicted octanol–water partition coefficient (Wildman–Crippen LogP) is 4.02. The van der Waals surface area contributed by atoms with Crippen molar-refractivity contribution < 1.29 is 9.53 Å². The van der Waals surface area contributed by atoms with E-state index in [1.54, 1.807) is 17.1 Å². The van der Waals surface area contributed by atoms with Crippen LogP contribution in [0.1, 0.15) is 34.5 Å². The average molecular weight is 415 g/mol. The van der Waals surface area contributed by atoms with Crippen molar-refractivity contribution in [1.29, 1.82) is 0 Å². The van der Waals surface area contributed by atoms with Crippen LogP contribution < -0.4 is 10.1 Å². The van der Waals surface area contributed by atoms with E-state index < -0.39 is 0 Å². The fourth-order valence-electron chi connectivity index (χ4n) is 3.26. The van der Waals surface area contributed by atoms with Crippen LogP contribution in [0.15, 0.2) is 60.9 Å². The van der Waals surface area contributed by atoms with Gasteiger partial charge in [-0.25, -0.2) is 9.97 Å². The summed E-state index contributed by atoms with van der Waals surface area (Å²) < 4.78 is 7.41. The molecule has 0 fully saturated rings. The first-order valence-electron chi connectivity index (χ1n) is 10.4. The van der Waals surface area contributed by atoms with Crippen LogP contribution in [0, 0.1) is 13.8 Å². The Hall–Kier alpha value is -3.74. The molecular weight excluding hydrogens is 390 g/mol. The maximum Gasteiger partial charge on any atom is 0.252 e. The number of pyridine rings is 2. The highest BCUT2D eigenvalue weighted by Gasteiger charge is 2.14. The number of nitrogens with zero attached hydrogens (tertiary/aromatic N) is 4. The summed E-state index contributed by atoms with van der Waals surface area (Å²) in [6, 6.07) is 15.5. The Morgan fingerprint density at radius 2 is 1.90 bits per heavy atom. The van der Waals surface area contributed by atoms with E-state index in [2.05, 4.69) is 20.4 Å². The van der Waals surface area contributed by atoms with E-state index in [-0.39, 0.29) is 5.91 Å². The maximum absolute atomic E-state index is 12.5. The second-order valence-electron chi connectivity index (χ2n) is 7.40. The second kappa shape index (κ2) is 9.38. The van der Waals surface area contributed by atoms with Crippen molar-refractivity contribution in [3.05, 3.63) is 77.7 Å². The monoisotopic (exact) mass is 415 g/mol. The smallest absolute Gasteiger partial charge is 0.252 e. The first-order chi connectivity index (χ1) is 15.1. The minimum absolute atomic E-state index is 0.140. The molecule has 7 heteroatoms. The number of hydrogen-bond acceptors (Lipinski definition) is 5. The molecule has 1 amide bonds. The molecule has 7 nitrogen and oxygen atoms in total. The van der Waals surface area contributed by atoms with Crippen LogP contribution in [0.2, 0.25) is 0 Å². The van der Waals surface area contributed by atoms with Crippen LogP contribution in [0.3, 0.4) is 0 Å². The van der Waals surface area contributed by atoms with E-state index in [1.807, 2.05) is 62.4 Å². The number of carbonyl (C=O) groups is 1. The normalized spacial score (nSPS) is 10.9. The van der Waals surface area contributed by atoms with Gasteiger partial charge in [0.05, 0.1) is 17.9 Å². The van der Waals surface area contributed by atoms with Gasteiger partial charge in [0, 0.05) is 24.3 Å². The minimum Gasteiger partial charge on any atom is -0.494 e. The molecule has 4 aromatic rings. The highest BCUT2D eigenvalue weighted by molar-refractivity contribution is 5.97. The number of aryl methyl sites for hydroxylation is 2. The van der Waals surface area contributed by atoms with Gasteiger partial charge in [-0.3, -0.25) is 4.79 Å². The van der Waals surface area contributed by atoms with Crippen molar-refractivity contribution in [2.75, 3.05) is 13.2 Å². The van der Waals surface area contributed by atoms with E-state index in [9.17, 15) is 4.79 Å². The number of ether oxygens (including phenoxy) is 1. The van der Waals surface area contributed by atoms with Crippen LogP contribution in [0.5, 0.6) is 5.75 Å². The number of aromatic nitrogens is 4. The quantitative estimate of drug-likeness (QED) is 0.440. The third-order valence-electron chi connectivity index (χ3n) is 4.98. The topological polar surface area (TPSA) is 81.9 Å². The van der Waals surface area contributed by atoms with Gasteiger partial charge in [-0.05, 0) is 57.0 Å². The van der Waals surface area contributed by atoms with E-state index in [0.717, 1.165) is 29.7 Å². The van der Waals surface area contributed by atoms with Crippen LogP contribution in [-0.4, -0.2) is 38.8 Å². The largest absolute Gasteiger partial charge is 0.494 e. The summed E-state index contributed by atoms with van der Waals surface area (Å²) in [7, 11) is 0. The zero-order chi connectivity index (χ0) is 21.6. The second-order valence-corrected chi connectivity index (χ2v) is 7.40. The molecule has 0 radical (unpaired) electrons. The van der Waals surface area contributed by atoms with E-state index in [1.165, 1.54) is 5.56 Å². The van der Waals surface area contributed by atoms with Crippen molar-refractivity contribution >= 4 is 16.9 Å². The minimum atomic E-state index is -0.140. The Kier molecular flexibility index (Phi) is 6.21. The van der Waals surface area contributed by atoms with Gasteiger partial charge >= 0.3 is 0 Å². The molecule has 0 aliphatic carbocycles. The number of carbonyl (C=O) groups excluding carboxylic acids is 1. The fraction of sp³-hybridized carbons (Fsp3) is 0.250. The summed E-state index contributed by atoms with van der Waals surface area (Å²) in [5.41, 5.74) is 3.21. The van der Waals surface area contributed by atoms with Gasteiger partial charge in [0.15, 0.2) is 11.5 Å². The lowest BCUT2D eigenvalue weighted by atomic mass is 10.2. The van der Waals surface area contributed by atoms with Crippen molar-refractivity contribution in [1.82, 2.24) is 25.1 Å². The molecule has 0 spiro atoms. The van der Waals surface area contributed by atoms with Crippen molar-refractivity contribution in [3.8, 4) is 11.6 Å². The summed E-state index contributed by atoms with van der Waals surface area (Å²) in [5, 5.41) is 8.32. The zero-order valence-corrected chi connectivity index (χ0v) is 17.7. The first kappa shape index (κ1) is 20.5. The molecule has 31 heavy (non-hydrogen) atoms. The Morgan fingerprint density at radius 1 is 1.06 bits per heavy atom. The number of rotatable bonds is 8. The van der Waals surface area contributed by atoms with E-state index >= 15 is 0 Å². The summed E-state index contributed by atoms with van der Waals surface area (Å²) >= 11 is 0. The Bertz CT molecular complexity index is 1170. The Morgan fingerprint density at radius 3 is 2.68 bits per heavy atom. The highest BCUT2D eigenvalue weighted by Crippen LogP contribution is 2.20. The average Bonchev–Trinajstić information content (AvgIpc) is 3.13. The van der Waals surface area contributed by atoms with Crippen LogP contribution in [-0.2, 0) is 0 Å². The zero-order valence-electron chi connectivity index (χ0n) is 17.7. The highest BCUT2D eigenvalue weighted by atomic mass is 16.5. The van der Waals surface area contributed by atoms with Gasteiger partial charge in [0.2, 0.25) is 0 Å². The van der Waals surface area contributed by atoms with Gasteiger partial charge in [0.25, 0.3) is 5.91 Å². The number of hydrogen-bond donors (Lipinski definition) is 1. The summed E-state index contributed by atoms with van der Waals surface area (Å²) in [5.74, 6) is 1.42. The lowest BCUT2D eigenvalue weighted by Gasteiger charge is -2.08. The predicted molar refractivity (Wildman–Crippen MR) is 120 cm³/mol. The molecule has 1 N–H and O–H groups in total. The van der Waals surface area contributed by atoms with Crippen molar-refractivity contribution in [3.63, 3.8) is 0 Å². The molecule has 3 aromatic heterocycles. The van der Waals surface area contributed by atoms with Gasteiger partial charge in [0.1, 0.15) is 5.75 Å².